The molecule has 156 valence electrons. The maximum absolute atomic E-state index is 13.4. The van der Waals surface area contributed by atoms with Crippen molar-refractivity contribution < 1.29 is 28.2 Å². The summed E-state index contributed by atoms with van der Waals surface area (Å²) < 4.78 is 37.3. The summed E-state index contributed by atoms with van der Waals surface area (Å²) in [6.45, 7) is 8.59. The number of aromatic nitrogens is 2. The summed E-state index contributed by atoms with van der Waals surface area (Å²) in [5.74, 6) is -2.68. The van der Waals surface area contributed by atoms with E-state index in [0.717, 1.165) is 23.2 Å². The lowest BCUT2D eigenvalue weighted by Gasteiger charge is -2.31. The zero-order valence-electron chi connectivity index (χ0n) is 16.9. The fourth-order valence-electron chi connectivity index (χ4n) is 3.55. The Hall–Kier alpha value is -2.45. The van der Waals surface area contributed by atoms with Crippen LogP contribution in [-0.4, -0.2) is 34.3 Å². The van der Waals surface area contributed by atoms with Crippen LogP contribution in [0.4, 0.5) is 8.78 Å². The number of hydrogen-bond donors (Lipinski definition) is 1. The highest BCUT2D eigenvalue weighted by Gasteiger charge is 2.32. The molecular formula is C21H24F2N2O4. The molecule has 2 aliphatic heterocycles. The summed E-state index contributed by atoms with van der Waals surface area (Å²) in [5.41, 5.74) is 1.57. The van der Waals surface area contributed by atoms with Crippen molar-refractivity contribution >= 4 is 5.97 Å². The fourth-order valence-corrected chi connectivity index (χ4v) is 3.55. The minimum Gasteiger partial charge on any atom is -0.478 e. The van der Waals surface area contributed by atoms with E-state index in [0.29, 0.717) is 25.3 Å². The third-order valence-electron chi connectivity index (χ3n) is 5.04. The van der Waals surface area contributed by atoms with Crippen LogP contribution < -0.4 is 0 Å². The molecule has 0 aliphatic carbocycles. The average molecular weight is 406 g/mol. The smallest absolute Gasteiger partial charge is 0.340 e. The van der Waals surface area contributed by atoms with Crippen molar-refractivity contribution in [1.29, 1.82) is 0 Å². The van der Waals surface area contributed by atoms with E-state index >= 15 is 0 Å². The maximum atomic E-state index is 13.4. The molecule has 2 aromatic rings. The van der Waals surface area contributed by atoms with Crippen molar-refractivity contribution in [3.8, 4) is 0 Å². The van der Waals surface area contributed by atoms with Gasteiger partial charge in [-0.1, -0.05) is 6.07 Å². The van der Waals surface area contributed by atoms with Crippen molar-refractivity contribution in [1.82, 2.24) is 9.97 Å². The molecular weight excluding hydrogens is 382 g/mol. The quantitative estimate of drug-likeness (QED) is 0.727. The van der Waals surface area contributed by atoms with E-state index in [4.69, 9.17) is 14.6 Å². The molecule has 0 aromatic carbocycles. The normalized spacial score (nSPS) is 18.7. The Morgan fingerprint density at radius 3 is 2.10 bits per heavy atom. The van der Waals surface area contributed by atoms with Crippen LogP contribution in [0.1, 0.15) is 60.6 Å². The van der Waals surface area contributed by atoms with Gasteiger partial charge in [0.2, 0.25) is 11.9 Å². The lowest BCUT2D eigenvalue weighted by atomic mass is 9.93. The zero-order chi connectivity index (χ0) is 21.4. The molecule has 1 N–H and O–H groups in total. The summed E-state index contributed by atoms with van der Waals surface area (Å²) in [5, 5.41) is 8.79. The van der Waals surface area contributed by atoms with E-state index in [9.17, 15) is 13.6 Å². The molecule has 0 atom stereocenters. The second kappa shape index (κ2) is 7.76. The second-order valence-corrected chi connectivity index (χ2v) is 8.00. The Labute approximate surface area is 167 Å². The Morgan fingerprint density at radius 2 is 1.52 bits per heavy atom. The molecule has 0 saturated carbocycles. The number of carbonyl (C=O) groups is 1. The molecule has 29 heavy (non-hydrogen) atoms. The van der Waals surface area contributed by atoms with Crippen LogP contribution in [0.3, 0.4) is 0 Å². The molecule has 8 heteroatoms. The number of pyridine rings is 2. The minimum atomic E-state index is -1.29. The summed E-state index contributed by atoms with van der Waals surface area (Å²) >= 11 is 0. The molecule has 2 aliphatic rings. The summed E-state index contributed by atoms with van der Waals surface area (Å²) in [4.78, 5) is 18.3. The van der Waals surface area contributed by atoms with Crippen LogP contribution >= 0.6 is 0 Å². The van der Waals surface area contributed by atoms with Crippen LogP contribution in [0.25, 0.3) is 0 Å². The Morgan fingerprint density at radius 1 is 0.966 bits per heavy atom. The summed E-state index contributed by atoms with van der Waals surface area (Å²) in [6, 6.07) is 4.55. The SMILES string of the molecule is CC1(C)OCCc2cc(C(=O)O)c(F)nc21.CC1(C)OCCc2ccc(F)nc21. The number of halogens is 2. The van der Waals surface area contributed by atoms with Gasteiger partial charge in [0.25, 0.3) is 0 Å². The first-order valence-electron chi connectivity index (χ1n) is 9.38. The molecule has 2 aromatic heterocycles. The molecule has 0 fully saturated rings. The van der Waals surface area contributed by atoms with Gasteiger partial charge in [0.1, 0.15) is 16.8 Å². The van der Waals surface area contributed by atoms with Crippen LogP contribution in [0, 0.1) is 11.9 Å². The predicted molar refractivity (Wildman–Crippen MR) is 101 cm³/mol. The van der Waals surface area contributed by atoms with Gasteiger partial charge in [-0.3, -0.25) is 0 Å². The van der Waals surface area contributed by atoms with E-state index < -0.39 is 29.1 Å². The number of ether oxygens (including phenoxy) is 2. The number of carboxylic acid groups (broad SMARTS) is 1. The number of aromatic carboxylic acids is 1. The highest BCUT2D eigenvalue weighted by atomic mass is 19.1. The number of rotatable bonds is 1. The van der Waals surface area contributed by atoms with E-state index in [1.807, 2.05) is 13.8 Å². The number of carboxylic acids is 1. The topological polar surface area (TPSA) is 81.5 Å². The van der Waals surface area contributed by atoms with Gasteiger partial charge in [0.05, 0.1) is 24.6 Å². The predicted octanol–water partition coefficient (Wildman–Crippen LogP) is 3.76. The zero-order valence-corrected chi connectivity index (χ0v) is 16.9. The van der Waals surface area contributed by atoms with Crippen molar-refractivity contribution in [3.05, 3.63) is 58.2 Å². The van der Waals surface area contributed by atoms with Gasteiger partial charge in [-0.25, -0.2) is 14.8 Å². The number of fused-ring (bicyclic) bond motifs is 2. The monoisotopic (exact) mass is 406 g/mol. The van der Waals surface area contributed by atoms with E-state index in [-0.39, 0.29) is 5.56 Å². The molecule has 0 amide bonds. The highest BCUT2D eigenvalue weighted by molar-refractivity contribution is 5.87. The molecule has 0 spiro atoms. The minimum absolute atomic E-state index is 0.378. The van der Waals surface area contributed by atoms with E-state index in [1.165, 1.54) is 12.1 Å². The third kappa shape index (κ3) is 4.43. The molecule has 0 bridgehead atoms. The van der Waals surface area contributed by atoms with Gasteiger partial charge in [-0.15, -0.1) is 0 Å². The number of hydrogen-bond acceptors (Lipinski definition) is 5. The maximum Gasteiger partial charge on any atom is 0.340 e. The van der Waals surface area contributed by atoms with Gasteiger partial charge >= 0.3 is 5.97 Å². The van der Waals surface area contributed by atoms with Gasteiger partial charge < -0.3 is 14.6 Å². The van der Waals surface area contributed by atoms with Crippen LogP contribution in [0.5, 0.6) is 0 Å². The molecule has 0 saturated heterocycles. The van der Waals surface area contributed by atoms with Crippen LogP contribution in [0.15, 0.2) is 18.2 Å². The highest BCUT2D eigenvalue weighted by Crippen LogP contribution is 2.32. The van der Waals surface area contributed by atoms with Crippen LogP contribution in [-0.2, 0) is 33.5 Å². The van der Waals surface area contributed by atoms with Crippen LogP contribution in [0.2, 0.25) is 0 Å². The standard InChI is InChI=1S/C11H12FNO3.C10H12FNO/c1-11(2)8-6(3-4-16-11)5-7(10(14)15)9(12)13-8;1-10(2)9-7(5-6-13-10)3-4-8(11)12-9/h5H,3-4H2,1-2H3,(H,14,15);3-4H,5-6H2,1-2H3. The molecule has 6 nitrogen and oxygen atoms in total. The summed E-state index contributed by atoms with van der Waals surface area (Å²) in [6.07, 6.45) is 1.39. The third-order valence-corrected chi connectivity index (χ3v) is 5.04. The number of nitrogens with zero attached hydrogens (tertiary/aromatic N) is 2. The molecule has 4 rings (SSSR count). The second-order valence-electron chi connectivity index (χ2n) is 8.00. The molecule has 0 radical (unpaired) electrons. The van der Waals surface area contributed by atoms with Gasteiger partial charge in [-0.2, -0.15) is 8.78 Å². The summed E-state index contributed by atoms with van der Waals surface area (Å²) in [7, 11) is 0. The average Bonchev–Trinajstić information content (AvgIpc) is 2.63. The van der Waals surface area contributed by atoms with E-state index in [2.05, 4.69) is 9.97 Å². The lowest BCUT2D eigenvalue weighted by molar-refractivity contribution is -0.0359. The Kier molecular flexibility index (Phi) is 5.69. The molecule has 0 unspecified atom stereocenters. The first-order valence-corrected chi connectivity index (χ1v) is 9.38. The Bertz CT molecular complexity index is 945. The van der Waals surface area contributed by atoms with Crippen molar-refractivity contribution in [2.24, 2.45) is 0 Å². The molecule has 4 heterocycles. The van der Waals surface area contributed by atoms with Crippen molar-refractivity contribution in [2.75, 3.05) is 13.2 Å². The Balaban J connectivity index is 0.000000169. The van der Waals surface area contributed by atoms with Crippen molar-refractivity contribution in [3.63, 3.8) is 0 Å². The van der Waals surface area contributed by atoms with Gasteiger partial charge in [0, 0.05) is 0 Å². The first-order chi connectivity index (χ1) is 13.5. The lowest BCUT2D eigenvalue weighted by Crippen LogP contribution is -2.31. The largest absolute Gasteiger partial charge is 0.478 e. The van der Waals surface area contributed by atoms with Gasteiger partial charge in [0.15, 0.2) is 0 Å². The van der Waals surface area contributed by atoms with Gasteiger partial charge in [-0.05, 0) is 63.8 Å². The van der Waals surface area contributed by atoms with Crippen molar-refractivity contribution in [2.45, 2.75) is 51.7 Å². The first kappa shape index (κ1) is 21.3. The van der Waals surface area contributed by atoms with E-state index in [1.54, 1.807) is 19.9 Å². The fraction of sp³-hybridized carbons (Fsp3) is 0.476.